The molecule has 10 heteroatoms. The number of pyridine rings is 1. The van der Waals surface area contributed by atoms with Gasteiger partial charge in [-0.15, -0.1) is 0 Å². The van der Waals surface area contributed by atoms with E-state index in [9.17, 15) is 4.79 Å². The Morgan fingerprint density at radius 2 is 2.03 bits per heavy atom. The summed E-state index contributed by atoms with van der Waals surface area (Å²) in [7, 11) is 0. The molecule has 1 aliphatic rings. The molecule has 0 radical (unpaired) electrons. The molecule has 0 atom stereocenters. The van der Waals surface area contributed by atoms with Crippen molar-refractivity contribution in [2.24, 2.45) is 5.92 Å². The number of aromatic nitrogens is 5. The minimum absolute atomic E-state index is 0.149. The molecule has 0 spiro atoms. The van der Waals surface area contributed by atoms with Crippen LogP contribution in [0, 0.1) is 12.8 Å². The lowest BCUT2D eigenvalue weighted by molar-refractivity contribution is 0.361. The highest BCUT2D eigenvalue weighted by Gasteiger charge is 2.17. The second-order valence-corrected chi connectivity index (χ2v) is 9.23. The molecule has 9 nitrogen and oxygen atoms in total. The molecule has 2 N–H and O–H groups in total. The van der Waals surface area contributed by atoms with E-state index in [1.54, 1.807) is 23.8 Å². The van der Waals surface area contributed by atoms with Crippen molar-refractivity contribution in [3.63, 3.8) is 0 Å². The Hall–Kier alpha value is -3.30. The first-order chi connectivity index (χ1) is 17.0. The highest BCUT2D eigenvalue weighted by molar-refractivity contribution is 6.33. The average molecular weight is 494 g/mol. The molecule has 1 aliphatic heterocycles. The van der Waals surface area contributed by atoms with Gasteiger partial charge in [0.15, 0.2) is 0 Å². The second-order valence-electron chi connectivity index (χ2n) is 8.82. The van der Waals surface area contributed by atoms with E-state index in [4.69, 9.17) is 16.1 Å². The molecule has 0 unspecified atom stereocenters. The normalized spacial score (nSPS) is 14.5. The largest absolute Gasteiger partial charge is 0.354 e. The fraction of sp³-hybridized carbons (Fsp3) is 0.400. The molecule has 0 bridgehead atoms. The van der Waals surface area contributed by atoms with Crippen molar-refractivity contribution in [1.82, 2.24) is 30.0 Å². The van der Waals surface area contributed by atoms with E-state index in [1.807, 2.05) is 25.1 Å². The van der Waals surface area contributed by atoms with E-state index in [1.165, 1.54) is 12.8 Å². The Kier molecular flexibility index (Phi) is 6.79. The van der Waals surface area contributed by atoms with Gasteiger partial charge in [0.25, 0.3) is 5.56 Å². The van der Waals surface area contributed by atoms with Crippen LogP contribution in [0.25, 0.3) is 33.5 Å². The van der Waals surface area contributed by atoms with Gasteiger partial charge in [0.2, 0.25) is 17.7 Å². The zero-order chi connectivity index (χ0) is 24.4. The van der Waals surface area contributed by atoms with Crippen LogP contribution in [-0.4, -0.2) is 44.3 Å². The molecule has 35 heavy (non-hydrogen) atoms. The van der Waals surface area contributed by atoms with Crippen LogP contribution in [0.2, 0.25) is 5.02 Å². The predicted octanol–water partition coefficient (Wildman–Crippen LogP) is 4.29. The summed E-state index contributed by atoms with van der Waals surface area (Å²) in [6, 6.07) is 7.19. The molecule has 182 valence electrons. The van der Waals surface area contributed by atoms with Crippen LogP contribution < -0.4 is 16.2 Å². The number of halogens is 1. The van der Waals surface area contributed by atoms with E-state index in [0.717, 1.165) is 42.9 Å². The number of piperidine rings is 1. The number of rotatable bonds is 7. The third-order valence-corrected chi connectivity index (χ3v) is 6.80. The fourth-order valence-electron chi connectivity index (χ4n) is 4.58. The number of aryl methyl sites for hydroxylation is 2. The molecule has 1 fully saturated rings. The maximum absolute atomic E-state index is 13.4. The Labute approximate surface area is 207 Å². The number of benzene rings is 1. The molecule has 0 aliphatic carbocycles. The van der Waals surface area contributed by atoms with Crippen LogP contribution in [0.1, 0.15) is 32.1 Å². The lowest BCUT2D eigenvalue weighted by Gasteiger charge is -2.22. The first kappa shape index (κ1) is 23.4. The van der Waals surface area contributed by atoms with E-state index in [2.05, 4.69) is 30.7 Å². The van der Waals surface area contributed by atoms with Gasteiger partial charge < -0.3 is 15.2 Å². The van der Waals surface area contributed by atoms with Gasteiger partial charge >= 0.3 is 0 Å². The zero-order valence-corrected chi connectivity index (χ0v) is 20.6. The van der Waals surface area contributed by atoms with E-state index < -0.39 is 0 Å². The number of hydrogen-bond acceptors (Lipinski definition) is 8. The van der Waals surface area contributed by atoms with Crippen molar-refractivity contribution in [3.8, 4) is 22.5 Å². The maximum atomic E-state index is 13.4. The van der Waals surface area contributed by atoms with Gasteiger partial charge in [0, 0.05) is 53.3 Å². The van der Waals surface area contributed by atoms with E-state index >= 15 is 0 Å². The van der Waals surface area contributed by atoms with Crippen molar-refractivity contribution >= 4 is 28.6 Å². The summed E-state index contributed by atoms with van der Waals surface area (Å²) in [4.78, 5) is 26.8. The third kappa shape index (κ3) is 4.92. The number of hydrogen-bond donors (Lipinski definition) is 2. The number of nitrogens with one attached hydrogen (secondary N) is 2. The standard InChI is InChI=1S/C25H28ClN7O2/c1-3-33-23-18(14-29-25(31-23)28-11-8-16-6-9-27-10-7-16)12-20(24(33)34)19-5-4-17(13-21(19)26)22-30-15(2)35-32-22/h4-5,12-14,16,27H,3,6-11H2,1-2H3,(H,28,29,31). The molecular formula is C25H28ClN7O2. The molecule has 1 aromatic carbocycles. The lowest BCUT2D eigenvalue weighted by Crippen LogP contribution is -2.28. The molecular weight excluding hydrogens is 466 g/mol. The molecule has 3 aromatic heterocycles. The lowest BCUT2D eigenvalue weighted by atomic mass is 9.95. The Bertz CT molecular complexity index is 1410. The van der Waals surface area contributed by atoms with Gasteiger partial charge in [0.1, 0.15) is 5.65 Å². The highest BCUT2D eigenvalue weighted by Crippen LogP contribution is 2.31. The van der Waals surface area contributed by atoms with Crippen molar-refractivity contribution in [2.45, 2.75) is 39.7 Å². The van der Waals surface area contributed by atoms with Gasteiger partial charge in [-0.1, -0.05) is 28.9 Å². The van der Waals surface area contributed by atoms with Gasteiger partial charge in [0.05, 0.1) is 0 Å². The maximum Gasteiger partial charge on any atom is 0.260 e. The quantitative estimate of drug-likeness (QED) is 0.392. The summed E-state index contributed by atoms with van der Waals surface area (Å²) < 4.78 is 6.72. The van der Waals surface area contributed by atoms with Crippen LogP contribution in [0.4, 0.5) is 5.95 Å². The van der Waals surface area contributed by atoms with Crippen molar-refractivity contribution in [1.29, 1.82) is 0 Å². The van der Waals surface area contributed by atoms with E-state index in [0.29, 0.717) is 46.0 Å². The summed E-state index contributed by atoms with van der Waals surface area (Å²) in [5.41, 5.74) is 2.31. The SMILES string of the molecule is CCn1c(=O)c(-c2ccc(-c3noc(C)n3)cc2Cl)cc2cnc(NCCC3CCNCC3)nc21. The first-order valence-electron chi connectivity index (χ1n) is 12.0. The van der Waals surface area contributed by atoms with Gasteiger partial charge in [-0.25, -0.2) is 4.98 Å². The molecule has 5 rings (SSSR count). The van der Waals surface area contributed by atoms with Gasteiger partial charge in [-0.05, 0) is 57.3 Å². The second kappa shape index (κ2) is 10.1. The predicted molar refractivity (Wildman–Crippen MR) is 137 cm³/mol. The summed E-state index contributed by atoms with van der Waals surface area (Å²) in [6.45, 7) is 7.13. The molecule has 0 saturated carbocycles. The van der Waals surface area contributed by atoms with Gasteiger partial charge in [-0.3, -0.25) is 9.36 Å². The van der Waals surface area contributed by atoms with Crippen LogP contribution in [-0.2, 0) is 6.54 Å². The minimum atomic E-state index is -0.149. The molecule has 0 amide bonds. The molecule has 4 heterocycles. The molecule has 1 saturated heterocycles. The fourth-order valence-corrected chi connectivity index (χ4v) is 4.86. The van der Waals surface area contributed by atoms with Crippen LogP contribution in [0.15, 0.2) is 39.8 Å². The minimum Gasteiger partial charge on any atom is -0.354 e. The summed E-state index contributed by atoms with van der Waals surface area (Å²) in [6.07, 6.45) is 5.25. The Balaban J connectivity index is 1.43. The number of fused-ring (bicyclic) bond motifs is 1. The van der Waals surface area contributed by atoms with Crippen molar-refractivity contribution < 1.29 is 4.52 Å². The summed E-state index contributed by atoms with van der Waals surface area (Å²) in [5.74, 6) is 2.19. The highest BCUT2D eigenvalue weighted by atomic mass is 35.5. The Morgan fingerprint density at radius 1 is 1.20 bits per heavy atom. The average Bonchev–Trinajstić information content (AvgIpc) is 3.31. The van der Waals surface area contributed by atoms with E-state index in [-0.39, 0.29) is 5.56 Å². The van der Waals surface area contributed by atoms with Gasteiger partial charge in [-0.2, -0.15) is 9.97 Å². The summed E-state index contributed by atoms with van der Waals surface area (Å²) >= 11 is 6.61. The first-order valence-corrected chi connectivity index (χ1v) is 12.4. The van der Waals surface area contributed by atoms with Crippen LogP contribution in [0.3, 0.4) is 0 Å². The number of nitrogens with zero attached hydrogens (tertiary/aromatic N) is 5. The van der Waals surface area contributed by atoms with Crippen molar-refractivity contribution in [2.75, 3.05) is 25.0 Å². The zero-order valence-electron chi connectivity index (χ0n) is 19.8. The monoisotopic (exact) mass is 493 g/mol. The molecule has 4 aromatic rings. The van der Waals surface area contributed by atoms with Crippen LogP contribution in [0.5, 0.6) is 0 Å². The topological polar surface area (TPSA) is 111 Å². The Morgan fingerprint density at radius 3 is 2.74 bits per heavy atom. The number of anilines is 1. The summed E-state index contributed by atoms with van der Waals surface area (Å²) in [5, 5.41) is 11.9. The smallest absolute Gasteiger partial charge is 0.260 e. The van der Waals surface area contributed by atoms with Crippen LogP contribution >= 0.6 is 11.6 Å². The third-order valence-electron chi connectivity index (χ3n) is 6.48. The van der Waals surface area contributed by atoms with Crippen molar-refractivity contribution in [3.05, 3.63) is 51.7 Å².